The molecule has 7 rings (SSSR count). The van der Waals surface area contributed by atoms with E-state index < -0.39 is 33.4 Å². The van der Waals surface area contributed by atoms with Gasteiger partial charge in [-0.1, -0.05) is 31.0 Å². The highest BCUT2D eigenvalue weighted by Crippen LogP contribution is 2.47. The number of benzene rings is 2. The molecular weight excluding hydrogens is 690 g/mol. The van der Waals surface area contributed by atoms with E-state index in [4.69, 9.17) is 21.1 Å². The van der Waals surface area contributed by atoms with E-state index in [1.54, 1.807) is 20.0 Å². The Morgan fingerprint density at radius 3 is 2.75 bits per heavy atom. The maximum absolute atomic E-state index is 14.2. The predicted molar refractivity (Wildman–Crippen MR) is 197 cm³/mol. The number of carbonyl (C=O) groups excluding carboxylic acids is 2. The first-order chi connectivity index (χ1) is 24.4. The quantitative estimate of drug-likeness (QED) is 0.291. The fourth-order valence-corrected chi connectivity index (χ4v) is 10.0. The lowest BCUT2D eigenvalue weighted by atomic mass is 9.68. The third-order valence-corrected chi connectivity index (χ3v) is 13.9. The van der Waals surface area contributed by atoms with E-state index in [2.05, 4.69) is 31.8 Å². The molecule has 274 valence electrons. The van der Waals surface area contributed by atoms with E-state index in [0.29, 0.717) is 43.7 Å². The molecule has 51 heavy (non-hydrogen) atoms. The minimum Gasteiger partial charge on any atom is -0.490 e. The number of aryl methyl sites for hydroxylation is 2. The smallest absolute Gasteiger partial charge is 0.285 e. The van der Waals surface area contributed by atoms with Crippen LogP contribution in [-0.2, 0) is 29.5 Å². The van der Waals surface area contributed by atoms with Crippen LogP contribution in [0.15, 0.2) is 47.0 Å². The summed E-state index contributed by atoms with van der Waals surface area (Å²) in [4.78, 5) is 28.5. The Balaban J connectivity index is 1.28. The van der Waals surface area contributed by atoms with Crippen molar-refractivity contribution in [3.05, 3.63) is 69.9 Å². The minimum atomic E-state index is -2.65. The van der Waals surface area contributed by atoms with Crippen LogP contribution in [0.4, 0.5) is 5.69 Å². The molecule has 13 heteroatoms. The summed E-state index contributed by atoms with van der Waals surface area (Å²) < 4.78 is 31.9. The zero-order chi connectivity index (χ0) is 36.1. The molecule has 0 radical (unpaired) electrons. The van der Waals surface area contributed by atoms with Crippen molar-refractivity contribution >= 4 is 39.7 Å². The lowest BCUT2D eigenvalue weighted by molar-refractivity contribution is 0.00826. The molecule has 0 saturated heterocycles. The van der Waals surface area contributed by atoms with E-state index >= 15 is 0 Å². The van der Waals surface area contributed by atoms with E-state index in [9.17, 15) is 18.9 Å². The van der Waals surface area contributed by atoms with Crippen LogP contribution in [0.3, 0.4) is 0 Å². The summed E-state index contributed by atoms with van der Waals surface area (Å²) in [5, 5.41) is 19.4. The van der Waals surface area contributed by atoms with Gasteiger partial charge in [0.25, 0.3) is 11.8 Å². The zero-order valence-corrected chi connectivity index (χ0v) is 31.4. The molecule has 11 nitrogen and oxygen atoms in total. The molecule has 2 aliphatic carbocycles. The number of halogens is 1. The van der Waals surface area contributed by atoms with Gasteiger partial charge in [-0.25, -0.2) is 4.21 Å². The number of thiol groups is 1. The Morgan fingerprint density at radius 2 is 1.98 bits per heavy atom. The average molecular weight is 738 g/mol. The number of hydrogen-bond acceptors (Lipinski definition) is 8. The first-order valence-electron chi connectivity index (χ1n) is 18.0. The van der Waals surface area contributed by atoms with Gasteiger partial charge in [0.15, 0.2) is 0 Å². The van der Waals surface area contributed by atoms with Gasteiger partial charge in [-0.15, -0.1) is 5.10 Å². The molecule has 2 bridgehead atoms. The Labute approximate surface area is 306 Å². The van der Waals surface area contributed by atoms with Crippen molar-refractivity contribution in [2.45, 2.75) is 81.6 Å². The first kappa shape index (κ1) is 35.8. The van der Waals surface area contributed by atoms with Crippen molar-refractivity contribution < 1.29 is 28.4 Å². The summed E-state index contributed by atoms with van der Waals surface area (Å²) in [7, 11) is 0.457. The molecule has 2 aromatic carbocycles. The van der Waals surface area contributed by atoms with Gasteiger partial charge in [-0.05, 0) is 111 Å². The highest BCUT2D eigenvalue weighted by Gasteiger charge is 2.45. The molecule has 7 atom stereocenters. The van der Waals surface area contributed by atoms with Crippen LogP contribution < -0.4 is 19.7 Å². The molecule has 1 aromatic heterocycles. The van der Waals surface area contributed by atoms with Crippen LogP contribution >= 0.6 is 11.6 Å². The standard InChI is InChI=1S/C38H48ClN5O6S/c1-23-7-5-9-32(45)28-13-10-26(28)19-44-21-38(16-6-8-24-17-27(39)12-14-30(24)38)22-50-33-15-11-25(18-31(33)44)34(46)42-51(48)37(23,2)40-35(47)29-20-43(3)41-36(29)49-4/h11-12,14-15,17-18,20,23,26,28,32,45,51H,5-10,13,16,19,21-22H2,1-4H3,(H,40,47)/t23-,26-,28+,32-,37+,38-/m0/s1. The van der Waals surface area contributed by atoms with Gasteiger partial charge < -0.3 is 24.8 Å². The molecule has 1 unspecified atom stereocenters. The lowest BCUT2D eigenvalue weighted by Crippen LogP contribution is -2.52. The molecule has 2 aliphatic heterocycles. The number of nitrogens with zero attached hydrogens (tertiary/aromatic N) is 4. The lowest BCUT2D eigenvalue weighted by Gasteiger charge is -2.46. The second kappa shape index (κ2) is 14.1. The maximum Gasteiger partial charge on any atom is 0.285 e. The summed E-state index contributed by atoms with van der Waals surface area (Å²) in [6, 6.07) is 11.5. The first-order valence-corrected chi connectivity index (χ1v) is 19.6. The van der Waals surface area contributed by atoms with Crippen LogP contribution in [0.2, 0.25) is 5.02 Å². The van der Waals surface area contributed by atoms with Crippen molar-refractivity contribution in [1.29, 1.82) is 0 Å². The second-order valence-corrected chi connectivity index (χ2v) is 17.3. The van der Waals surface area contributed by atoms with Crippen LogP contribution in [0.5, 0.6) is 11.6 Å². The highest BCUT2D eigenvalue weighted by molar-refractivity contribution is 7.76. The monoisotopic (exact) mass is 737 g/mol. The van der Waals surface area contributed by atoms with Gasteiger partial charge in [0.2, 0.25) is 5.88 Å². The Hall–Kier alpha value is -3.61. The number of hydrogen-bond donors (Lipinski definition) is 3. The van der Waals surface area contributed by atoms with Crippen LogP contribution in [-0.4, -0.2) is 68.7 Å². The molecule has 4 aliphatic rings. The van der Waals surface area contributed by atoms with Crippen molar-refractivity contribution in [3.8, 4) is 11.6 Å². The van der Waals surface area contributed by atoms with Crippen LogP contribution in [0.25, 0.3) is 0 Å². The number of carbonyl (C=O) groups is 2. The molecular formula is C38H48ClN5O6S. The van der Waals surface area contributed by atoms with E-state index in [0.717, 1.165) is 49.4 Å². The van der Waals surface area contributed by atoms with Crippen molar-refractivity contribution in [2.24, 2.45) is 29.2 Å². The SMILES string of the molecule is COc1nn(C)cc1C(=O)N[C@@]1(C)[C@@H](C)CCC[C@H](O)[C@@H]2CC[C@H]2CN2C[C@@]3(CCCc4cc(Cl)ccc43)COc3ccc(cc32)C(=O)/N=[SH]\1=O. The number of rotatable bonds is 3. The number of methoxy groups -OCH3 is 1. The van der Waals surface area contributed by atoms with E-state index in [1.165, 1.54) is 29.1 Å². The number of aliphatic hydroxyl groups is 1. The normalized spacial score (nSPS) is 31.2. The maximum atomic E-state index is 14.2. The van der Waals surface area contributed by atoms with Crippen molar-refractivity contribution in [3.63, 3.8) is 0 Å². The molecule has 3 aromatic rings. The number of fused-ring (bicyclic) bond motifs is 4. The second-order valence-electron chi connectivity index (χ2n) is 15.2. The van der Waals surface area contributed by atoms with Crippen molar-refractivity contribution in [1.82, 2.24) is 15.1 Å². The van der Waals surface area contributed by atoms with Crippen molar-refractivity contribution in [2.75, 3.05) is 31.7 Å². The van der Waals surface area contributed by atoms with Gasteiger partial charge in [0, 0.05) is 42.3 Å². The minimum absolute atomic E-state index is 0.139. The van der Waals surface area contributed by atoms with Gasteiger partial charge in [0.1, 0.15) is 16.2 Å². The predicted octanol–water partition coefficient (Wildman–Crippen LogP) is 5.71. The van der Waals surface area contributed by atoms with Gasteiger partial charge in [-0.2, -0.15) is 4.36 Å². The summed E-state index contributed by atoms with van der Waals surface area (Å²) in [5.74, 6) is -0.241. The molecule has 1 saturated carbocycles. The largest absolute Gasteiger partial charge is 0.490 e. The summed E-state index contributed by atoms with van der Waals surface area (Å²) >= 11 is 6.44. The third-order valence-electron chi connectivity index (χ3n) is 12.0. The number of aliphatic hydroxyl groups excluding tert-OH is 1. The number of aromatic nitrogens is 2. The molecule has 1 spiro atoms. The summed E-state index contributed by atoms with van der Waals surface area (Å²) in [5.41, 5.74) is 3.51. The molecule has 2 amide bonds. The third kappa shape index (κ3) is 6.75. The van der Waals surface area contributed by atoms with Crippen LogP contribution in [0, 0.1) is 17.8 Å². The Kier molecular flexibility index (Phi) is 9.88. The van der Waals surface area contributed by atoms with Crippen LogP contribution in [0.1, 0.15) is 90.6 Å². The van der Waals surface area contributed by atoms with Gasteiger partial charge in [-0.3, -0.25) is 14.3 Å². The van der Waals surface area contributed by atoms with E-state index in [-0.39, 0.29) is 34.6 Å². The Morgan fingerprint density at radius 1 is 1.16 bits per heavy atom. The molecule has 2 N–H and O–H groups in total. The zero-order valence-electron chi connectivity index (χ0n) is 29.7. The fourth-order valence-electron chi connectivity index (χ4n) is 8.66. The Bertz CT molecular complexity index is 1930. The topological polar surface area (TPSA) is 135 Å². The van der Waals surface area contributed by atoms with E-state index in [1.807, 2.05) is 25.1 Å². The van der Waals surface area contributed by atoms with Gasteiger partial charge in [0.05, 0.1) is 36.1 Å². The summed E-state index contributed by atoms with van der Waals surface area (Å²) in [6.07, 6.45) is 7.77. The van der Waals surface area contributed by atoms with Gasteiger partial charge >= 0.3 is 0 Å². The highest BCUT2D eigenvalue weighted by atomic mass is 35.5. The number of amides is 2. The average Bonchev–Trinajstić information content (AvgIpc) is 3.41. The number of nitrogens with one attached hydrogen (secondary N) is 1. The summed E-state index contributed by atoms with van der Waals surface area (Å²) in [6.45, 7) is 5.49. The number of ether oxygens (including phenoxy) is 2. The molecule has 3 heterocycles. The number of anilines is 1. The molecule has 1 fully saturated rings. The fraction of sp³-hybridized carbons (Fsp3) is 0.553.